The molecule has 0 radical (unpaired) electrons. The van der Waals surface area contributed by atoms with Gasteiger partial charge >= 0.3 is 5.69 Å². The summed E-state index contributed by atoms with van der Waals surface area (Å²) in [4.78, 5) is 12.7. The van der Waals surface area contributed by atoms with Gasteiger partial charge in [-0.1, -0.05) is 17.3 Å². The maximum atomic E-state index is 13.0. The highest BCUT2D eigenvalue weighted by atomic mass is 19.1. The molecule has 1 N–H and O–H groups in total. The second kappa shape index (κ2) is 7.42. The highest BCUT2D eigenvalue weighted by Gasteiger charge is 2.15. The van der Waals surface area contributed by atoms with Crippen molar-refractivity contribution in [2.24, 2.45) is 0 Å². The maximum absolute atomic E-state index is 13.0. The third kappa shape index (κ3) is 3.71. The smallest absolute Gasteiger partial charge is 0.335 e. The van der Waals surface area contributed by atoms with Gasteiger partial charge in [0.1, 0.15) is 11.6 Å². The summed E-state index contributed by atoms with van der Waals surface area (Å²) in [6.45, 7) is 4.49. The Morgan fingerprint density at radius 2 is 1.93 bits per heavy atom. The maximum Gasteiger partial charge on any atom is 0.335 e. The second-order valence-corrected chi connectivity index (χ2v) is 6.87. The van der Waals surface area contributed by atoms with E-state index < -0.39 is 0 Å². The van der Waals surface area contributed by atoms with Crippen LogP contribution in [-0.2, 0) is 19.5 Å². The van der Waals surface area contributed by atoms with Crippen molar-refractivity contribution in [3.8, 4) is 11.6 Å². The van der Waals surface area contributed by atoms with Gasteiger partial charge in [-0.2, -0.15) is 5.10 Å². The predicted molar refractivity (Wildman–Crippen MR) is 103 cm³/mol. The van der Waals surface area contributed by atoms with Crippen LogP contribution < -0.4 is 5.69 Å². The van der Waals surface area contributed by atoms with E-state index >= 15 is 0 Å². The molecule has 0 aliphatic heterocycles. The van der Waals surface area contributed by atoms with Crippen LogP contribution >= 0.6 is 0 Å². The van der Waals surface area contributed by atoms with Crippen LogP contribution in [0, 0.1) is 19.7 Å². The lowest BCUT2D eigenvalue weighted by Crippen LogP contribution is -2.23. The lowest BCUT2D eigenvalue weighted by molar-refractivity contribution is 0.391. The van der Waals surface area contributed by atoms with Gasteiger partial charge in [-0.25, -0.2) is 13.8 Å². The normalized spacial score (nSPS) is 11.3. The zero-order chi connectivity index (χ0) is 20.5. The van der Waals surface area contributed by atoms with Crippen molar-refractivity contribution < 1.29 is 14.0 Å². The first kappa shape index (κ1) is 18.7. The van der Waals surface area contributed by atoms with Gasteiger partial charge in [-0.15, -0.1) is 0 Å². The van der Waals surface area contributed by atoms with E-state index in [1.807, 2.05) is 13.8 Å². The summed E-state index contributed by atoms with van der Waals surface area (Å²) in [5, 5.41) is 18.5. The molecule has 0 fully saturated rings. The molecule has 0 unspecified atom stereocenters. The Bertz CT molecular complexity index is 1180. The molecule has 0 spiro atoms. The van der Waals surface area contributed by atoms with Crippen molar-refractivity contribution in [2.75, 3.05) is 0 Å². The average molecular weight is 397 g/mol. The molecule has 0 saturated carbocycles. The zero-order valence-electron chi connectivity index (χ0n) is 16.0. The molecule has 3 aromatic heterocycles. The monoisotopic (exact) mass is 397 g/mol. The van der Waals surface area contributed by atoms with Gasteiger partial charge in [0.2, 0.25) is 5.88 Å². The first-order chi connectivity index (χ1) is 13.9. The number of benzene rings is 1. The van der Waals surface area contributed by atoms with Crippen LogP contribution in [0.5, 0.6) is 5.88 Å². The molecule has 3 heterocycles. The van der Waals surface area contributed by atoms with Gasteiger partial charge in [-0.05, 0) is 38.0 Å². The van der Waals surface area contributed by atoms with Crippen molar-refractivity contribution in [1.82, 2.24) is 24.1 Å². The summed E-state index contributed by atoms with van der Waals surface area (Å²) < 4.78 is 22.4. The summed E-state index contributed by atoms with van der Waals surface area (Å²) in [5.41, 5.74) is 2.69. The molecule has 4 aromatic rings. The van der Waals surface area contributed by atoms with Crippen molar-refractivity contribution in [3.05, 3.63) is 81.7 Å². The average Bonchev–Trinajstić information content (AvgIpc) is 3.36. The van der Waals surface area contributed by atoms with Gasteiger partial charge in [-0.3, -0.25) is 9.25 Å². The van der Waals surface area contributed by atoms with E-state index in [4.69, 9.17) is 4.52 Å². The molecule has 8 nitrogen and oxygen atoms in total. The largest absolute Gasteiger partial charge is 0.493 e. The Morgan fingerprint density at radius 3 is 2.62 bits per heavy atom. The van der Waals surface area contributed by atoms with Crippen molar-refractivity contribution in [3.63, 3.8) is 0 Å². The van der Waals surface area contributed by atoms with Crippen LogP contribution in [0.3, 0.4) is 0 Å². The molecule has 0 atom stereocenters. The molecule has 0 bridgehead atoms. The predicted octanol–water partition coefficient (Wildman–Crippen LogP) is 2.58. The Morgan fingerprint density at radius 1 is 1.17 bits per heavy atom. The van der Waals surface area contributed by atoms with E-state index in [-0.39, 0.29) is 17.4 Å². The molecule has 0 saturated heterocycles. The van der Waals surface area contributed by atoms with E-state index in [2.05, 4.69) is 10.3 Å². The van der Waals surface area contributed by atoms with Crippen LogP contribution in [0.15, 0.2) is 52.2 Å². The standard InChI is InChI=1S/C20H20FN5O3/c1-13-18(14(2)29-23-13)11-25-10-17(9-22-25)26-19(27)12-24(20(26)28)8-7-15-3-5-16(21)6-4-15/h3-6,9-10,12,27H,7-8,11H2,1-2H3. The van der Waals surface area contributed by atoms with Gasteiger partial charge in [0.25, 0.3) is 0 Å². The third-order valence-corrected chi connectivity index (χ3v) is 4.87. The Hall–Kier alpha value is -3.62. The fourth-order valence-corrected chi connectivity index (χ4v) is 3.23. The van der Waals surface area contributed by atoms with Crippen molar-refractivity contribution in [2.45, 2.75) is 33.4 Å². The second-order valence-electron chi connectivity index (χ2n) is 6.87. The lowest BCUT2D eigenvalue weighted by Gasteiger charge is -2.02. The highest BCUT2D eigenvalue weighted by Crippen LogP contribution is 2.17. The van der Waals surface area contributed by atoms with E-state index in [0.717, 1.165) is 16.8 Å². The minimum atomic E-state index is -0.374. The number of aryl methyl sites for hydroxylation is 4. The number of rotatable bonds is 6. The van der Waals surface area contributed by atoms with E-state index in [1.54, 1.807) is 23.0 Å². The van der Waals surface area contributed by atoms with Crippen LogP contribution in [0.25, 0.3) is 5.69 Å². The number of imidazole rings is 1. The summed E-state index contributed by atoms with van der Waals surface area (Å²) in [6.07, 6.45) is 5.12. The Labute approximate surface area is 165 Å². The molecule has 150 valence electrons. The summed E-state index contributed by atoms with van der Waals surface area (Å²) in [5.74, 6) is 0.237. The van der Waals surface area contributed by atoms with E-state index in [1.165, 1.54) is 33.7 Å². The molecule has 0 aliphatic carbocycles. The molecule has 4 rings (SSSR count). The molecular weight excluding hydrogens is 377 g/mol. The van der Waals surface area contributed by atoms with Crippen molar-refractivity contribution >= 4 is 0 Å². The highest BCUT2D eigenvalue weighted by molar-refractivity contribution is 5.31. The Kier molecular flexibility index (Phi) is 4.79. The van der Waals surface area contributed by atoms with Crippen LogP contribution in [0.2, 0.25) is 0 Å². The third-order valence-electron chi connectivity index (χ3n) is 4.87. The first-order valence-corrected chi connectivity index (χ1v) is 9.12. The van der Waals surface area contributed by atoms with Gasteiger partial charge < -0.3 is 9.63 Å². The minimum absolute atomic E-state index is 0.175. The lowest BCUT2D eigenvalue weighted by atomic mass is 10.1. The number of nitrogens with zero attached hydrogens (tertiary/aromatic N) is 5. The molecular formula is C20H20FN5O3. The number of aromatic nitrogens is 5. The van der Waals surface area contributed by atoms with Crippen molar-refractivity contribution in [1.29, 1.82) is 0 Å². The van der Waals surface area contributed by atoms with E-state index in [9.17, 15) is 14.3 Å². The SMILES string of the molecule is Cc1noc(C)c1Cn1cc(-n2c(O)cn(CCc3ccc(F)cc3)c2=O)cn1. The molecule has 9 heteroatoms. The van der Waals surface area contributed by atoms with Gasteiger partial charge in [0.15, 0.2) is 0 Å². The summed E-state index contributed by atoms with van der Waals surface area (Å²) in [7, 11) is 0. The summed E-state index contributed by atoms with van der Waals surface area (Å²) in [6, 6.07) is 6.12. The fourth-order valence-electron chi connectivity index (χ4n) is 3.23. The number of hydrogen-bond acceptors (Lipinski definition) is 5. The zero-order valence-corrected chi connectivity index (χ0v) is 16.0. The van der Waals surface area contributed by atoms with Crippen LogP contribution in [-0.4, -0.2) is 29.2 Å². The van der Waals surface area contributed by atoms with Crippen LogP contribution in [0.1, 0.15) is 22.6 Å². The fraction of sp³-hybridized carbons (Fsp3) is 0.250. The Balaban J connectivity index is 1.54. The van der Waals surface area contributed by atoms with E-state index in [0.29, 0.717) is 31.0 Å². The number of hydrogen-bond donors (Lipinski definition) is 1. The molecule has 29 heavy (non-hydrogen) atoms. The van der Waals surface area contributed by atoms with Gasteiger partial charge in [0, 0.05) is 18.3 Å². The molecule has 0 aliphatic rings. The quantitative estimate of drug-likeness (QED) is 0.540. The minimum Gasteiger partial charge on any atom is -0.493 e. The summed E-state index contributed by atoms with van der Waals surface area (Å²) >= 11 is 0. The topological polar surface area (TPSA) is 91.0 Å². The number of aromatic hydroxyl groups is 1. The molecule has 0 amide bonds. The number of halogens is 1. The van der Waals surface area contributed by atoms with Gasteiger partial charge in [0.05, 0.1) is 30.3 Å². The van der Waals surface area contributed by atoms with Crippen LogP contribution in [0.4, 0.5) is 4.39 Å². The molecule has 1 aromatic carbocycles. The first-order valence-electron chi connectivity index (χ1n) is 9.12.